The summed E-state index contributed by atoms with van der Waals surface area (Å²) in [6.07, 6.45) is 12.8. The van der Waals surface area contributed by atoms with Gasteiger partial charge in [-0.1, -0.05) is 12.2 Å². The molecule has 0 radical (unpaired) electrons. The quantitative estimate of drug-likeness (QED) is 0.867. The number of nitrogens with zero attached hydrogens (tertiary/aromatic N) is 2. The Labute approximate surface area is 125 Å². The Balaban J connectivity index is 1.66. The van der Waals surface area contributed by atoms with Gasteiger partial charge in [0.1, 0.15) is 6.10 Å². The second kappa shape index (κ2) is 6.43. The number of hydrogen-bond donors (Lipinski definition) is 1. The van der Waals surface area contributed by atoms with Crippen LogP contribution in [0.1, 0.15) is 43.8 Å². The molecule has 1 amide bonds. The molecule has 1 aromatic heterocycles. The lowest BCUT2D eigenvalue weighted by Crippen LogP contribution is -2.45. The van der Waals surface area contributed by atoms with E-state index in [0.717, 1.165) is 44.3 Å². The summed E-state index contributed by atoms with van der Waals surface area (Å²) in [5.41, 5.74) is 1.05. The van der Waals surface area contributed by atoms with Gasteiger partial charge >= 0.3 is 0 Å². The second-order valence-corrected chi connectivity index (χ2v) is 5.98. The van der Waals surface area contributed by atoms with E-state index in [1.165, 1.54) is 0 Å². The number of amides is 1. The molecular weight excluding hydrogens is 266 g/mol. The van der Waals surface area contributed by atoms with E-state index in [4.69, 9.17) is 4.74 Å². The number of rotatable bonds is 3. The Morgan fingerprint density at radius 3 is 3.05 bits per heavy atom. The number of aryl methyl sites for hydroxylation is 1. The van der Waals surface area contributed by atoms with Crippen LogP contribution in [0.3, 0.4) is 0 Å². The zero-order valence-corrected chi connectivity index (χ0v) is 12.5. The summed E-state index contributed by atoms with van der Waals surface area (Å²) in [6.45, 7) is 0.748. The van der Waals surface area contributed by atoms with Crippen LogP contribution in [0.5, 0.6) is 0 Å². The summed E-state index contributed by atoms with van der Waals surface area (Å²) in [4.78, 5) is 12.4. The van der Waals surface area contributed by atoms with Crippen molar-refractivity contribution in [2.75, 3.05) is 6.61 Å². The minimum atomic E-state index is -0.0736. The third kappa shape index (κ3) is 3.35. The lowest BCUT2D eigenvalue weighted by molar-refractivity contribution is -0.128. The molecule has 1 aromatic rings. The Morgan fingerprint density at radius 1 is 1.43 bits per heavy atom. The SMILES string of the molecule is Cn1cc([C@H]2OCCC[C@@H]2NC(=O)[C@@H]2CC=CCC2)cn1. The monoisotopic (exact) mass is 289 g/mol. The fourth-order valence-corrected chi connectivity index (χ4v) is 3.18. The molecule has 2 aliphatic rings. The minimum absolute atomic E-state index is 0.0568. The molecule has 5 nitrogen and oxygen atoms in total. The van der Waals surface area contributed by atoms with E-state index in [-0.39, 0.29) is 24.0 Å². The van der Waals surface area contributed by atoms with Gasteiger partial charge in [-0.05, 0) is 32.1 Å². The third-order valence-corrected chi connectivity index (χ3v) is 4.34. The van der Waals surface area contributed by atoms with E-state index in [2.05, 4.69) is 22.6 Å². The summed E-state index contributed by atoms with van der Waals surface area (Å²) in [5.74, 6) is 0.287. The topological polar surface area (TPSA) is 56.1 Å². The van der Waals surface area contributed by atoms with Crippen LogP contribution in [-0.4, -0.2) is 28.3 Å². The van der Waals surface area contributed by atoms with Crippen LogP contribution in [0.15, 0.2) is 24.5 Å². The molecule has 2 heterocycles. The van der Waals surface area contributed by atoms with Crippen molar-refractivity contribution in [1.82, 2.24) is 15.1 Å². The molecule has 21 heavy (non-hydrogen) atoms. The predicted molar refractivity (Wildman–Crippen MR) is 79.5 cm³/mol. The Kier molecular flexibility index (Phi) is 4.39. The van der Waals surface area contributed by atoms with Crippen molar-refractivity contribution >= 4 is 5.91 Å². The largest absolute Gasteiger partial charge is 0.371 e. The van der Waals surface area contributed by atoms with Crippen LogP contribution in [0.2, 0.25) is 0 Å². The molecule has 1 saturated heterocycles. The molecule has 1 aliphatic heterocycles. The Bertz CT molecular complexity index is 523. The molecular formula is C16H23N3O2. The highest BCUT2D eigenvalue weighted by Gasteiger charge is 2.31. The smallest absolute Gasteiger partial charge is 0.223 e. The van der Waals surface area contributed by atoms with Gasteiger partial charge in [0, 0.05) is 31.3 Å². The average molecular weight is 289 g/mol. The van der Waals surface area contributed by atoms with Crippen LogP contribution in [-0.2, 0) is 16.6 Å². The van der Waals surface area contributed by atoms with E-state index in [1.54, 1.807) is 4.68 Å². The van der Waals surface area contributed by atoms with Crippen LogP contribution in [0.25, 0.3) is 0 Å². The van der Waals surface area contributed by atoms with Gasteiger partial charge in [0.2, 0.25) is 5.91 Å². The summed E-state index contributed by atoms with van der Waals surface area (Å²) in [5, 5.41) is 7.42. The highest BCUT2D eigenvalue weighted by Crippen LogP contribution is 2.29. The molecule has 1 N–H and O–H groups in total. The highest BCUT2D eigenvalue weighted by atomic mass is 16.5. The lowest BCUT2D eigenvalue weighted by atomic mass is 9.92. The van der Waals surface area contributed by atoms with Crippen LogP contribution >= 0.6 is 0 Å². The molecule has 3 rings (SSSR count). The van der Waals surface area contributed by atoms with E-state index in [9.17, 15) is 4.79 Å². The number of hydrogen-bond acceptors (Lipinski definition) is 3. The zero-order chi connectivity index (χ0) is 14.7. The van der Waals surface area contributed by atoms with Crippen molar-refractivity contribution in [1.29, 1.82) is 0 Å². The van der Waals surface area contributed by atoms with Crippen molar-refractivity contribution in [3.63, 3.8) is 0 Å². The first kappa shape index (κ1) is 14.3. The van der Waals surface area contributed by atoms with E-state index in [1.807, 2.05) is 19.4 Å². The first-order valence-corrected chi connectivity index (χ1v) is 7.79. The first-order valence-electron chi connectivity index (χ1n) is 7.79. The molecule has 5 heteroatoms. The van der Waals surface area contributed by atoms with Crippen molar-refractivity contribution in [3.05, 3.63) is 30.1 Å². The summed E-state index contributed by atoms with van der Waals surface area (Å²) in [7, 11) is 1.90. The summed E-state index contributed by atoms with van der Waals surface area (Å²) in [6, 6.07) is 0.0568. The fourth-order valence-electron chi connectivity index (χ4n) is 3.18. The van der Waals surface area contributed by atoms with Crippen LogP contribution in [0.4, 0.5) is 0 Å². The maximum Gasteiger partial charge on any atom is 0.223 e. The molecule has 1 aliphatic carbocycles. The van der Waals surface area contributed by atoms with Gasteiger partial charge in [0.25, 0.3) is 0 Å². The van der Waals surface area contributed by atoms with Crippen molar-refractivity contribution in [2.24, 2.45) is 13.0 Å². The predicted octanol–water partition coefficient (Wildman–Crippen LogP) is 2.11. The third-order valence-electron chi connectivity index (χ3n) is 4.34. The number of aromatic nitrogens is 2. The Hall–Kier alpha value is -1.62. The molecule has 1 fully saturated rings. The van der Waals surface area contributed by atoms with Gasteiger partial charge in [0.05, 0.1) is 12.2 Å². The van der Waals surface area contributed by atoms with Gasteiger partial charge in [-0.15, -0.1) is 0 Å². The molecule has 0 unspecified atom stereocenters. The maximum atomic E-state index is 12.4. The maximum absolute atomic E-state index is 12.4. The van der Waals surface area contributed by atoms with Gasteiger partial charge in [-0.25, -0.2) is 0 Å². The molecule has 0 saturated carbocycles. The normalized spacial score (nSPS) is 29.3. The molecule has 114 valence electrons. The molecule has 0 aromatic carbocycles. The van der Waals surface area contributed by atoms with E-state index >= 15 is 0 Å². The number of nitrogens with one attached hydrogen (secondary N) is 1. The van der Waals surface area contributed by atoms with Gasteiger partial charge in [-0.2, -0.15) is 5.10 Å². The first-order chi connectivity index (χ1) is 10.2. The number of ether oxygens (including phenoxy) is 1. The van der Waals surface area contributed by atoms with Crippen LogP contribution in [0, 0.1) is 5.92 Å². The standard InChI is InChI=1S/C16H23N3O2/c1-19-11-13(10-17-19)15-14(8-5-9-21-15)18-16(20)12-6-3-2-4-7-12/h2-3,10-12,14-15H,4-9H2,1H3,(H,18,20)/t12-,14+,15-/m1/s1. The van der Waals surface area contributed by atoms with Gasteiger partial charge in [0.15, 0.2) is 0 Å². The van der Waals surface area contributed by atoms with Crippen molar-refractivity contribution in [2.45, 2.75) is 44.2 Å². The lowest BCUT2D eigenvalue weighted by Gasteiger charge is -2.33. The minimum Gasteiger partial charge on any atom is -0.371 e. The number of carbonyl (C=O) groups is 1. The number of carbonyl (C=O) groups excluding carboxylic acids is 1. The summed E-state index contributed by atoms with van der Waals surface area (Å²) < 4.78 is 7.67. The Morgan fingerprint density at radius 2 is 2.33 bits per heavy atom. The van der Waals surface area contributed by atoms with Crippen molar-refractivity contribution in [3.8, 4) is 0 Å². The highest BCUT2D eigenvalue weighted by molar-refractivity contribution is 5.79. The fraction of sp³-hybridized carbons (Fsp3) is 0.625. The number of allylic oxidation sites excluding steroid dienone is 2. The molecule has 3 atom stereocenters. The zero-order valence-electron chi connectivity index (χ0n) is 12.5. The van der Waals surface area contributed by atoms with Gasteiger partial charge < -0.3 is 10.1 Å². The van der Waals surface area contributed by atoms with Gasteiger partial charge in [-0.3, -0.25) is 9.48 Å². The van der Waals surface area contributed by atoms with Crippen molar-refractivity contribution < 1.29 is 9.53 Å². The summed E-state index contributed by atoms with van der Waals surface area (Å²) >= 11 is 0. The van der Waals surface area contributed by atoms with Crippen LogP contribution < -0.4 is 5.32 Å². The van der Waals surface area contributed by atoms with E-state index < -0.39 is 0 Å². The molecule has 0 spiro atoms. The second-order valence-electron chi connectivity index (χ2n) is 5.98. The molecule has 0 bridgehead atoms. The average Bonchev–Trinajstić information content (AvgIpc) is 2.95. The van der Waals surface area contributed by atoms with E-state index in [0.29, 0.717) is 0 Å².